The van der Waals surface area contributed by atoms with Gasteiger partial charge < -0.3 is 9.64 Å². The van der Waals surface area contributed by atoms with Crippen molar-refractivity contribution in [1.82, 2.24) is 14.7 Å². The largest absolute Gasteiger partial charge is 0.451 e. The van der Waals surface area contributed by atoms with E-state index < -0.39 is 5.97 Å². The highest BCUT2D eigenvalue weighted by Gasteiger charge is 2.20. The van der Waals surface area contributed by atoms with Crippen LogP contribution in [-0.2, 0) is 16.1 Å². The Balaban J connectivity index is 1.44. The molecule has 1 amide bonds. The topological polar surface area (TPSA) is 64.4 Å². The number of rotatable bonds is 5. The van der Waals surface area contributed by atoms with Crippen LogP contribution in [0.3, 0.4) is 0 Å². The van der Waals surface area contributed by atoms with Crippen molar-refractivity contribution in [1.29, 1.82) is 0 Å². The van der Waals surface area contributed by atoms with Crippen LogP contribution in [-0.4, -0.2) is 46.3 Å². The Morgan fingerprint density at radius 2 is 1.83 bits per heavy atom. The van der Waals surface area contributed by atoms with Gasteiger partial charge in [0.05, 0.1) is 12.2 Å². The van der Waals surface area contributed by atoms with E-state index in [4.69, 9.17) is 4.74 Å². The lowest BCUT2D eigenvalue weighted by Gasteiger charge is -2.19. The van der Waals surface area contributed by atoms with Gasteiger partial charge in [0, 0.05) is 18.5 Å². The first-order valence-electron chi connectivity index (χ1n) is 10.1. The molecule has 0 saturated carbocycles. The van der Waals surface area contributed by atoms with Crippen LogP contribution in [0.1, 0.15) is 46.6 Å². The molecule has 3 heterocycles. The minimum Gasteiger partial charge on any atom is -0.451 e. The number of esters is 1. The van der Waals surface area contributed by atoms with Gasteiger partial charge in [-0.05, 0) is 31.4 Å². The predicted molar refractivity (Wildman–Crippen MR) is 113 cm³/mol. The van der Waals surface area contributed by atoms with Gasteiger partial charge in [-0.15, -0.1) is 11.3 Å². The molecule has 4 rings (SSSR count). The third-order valence-corrected chi connectivity index (χ3v) is 6.40. The Bertz CT molecular complexity index is 1000. The SMILES string of the molecule is Cc1nn(Cc2ccccc2)c2sc(C(=O)OCC(=O)N3CCCCCC3)cc12. The monoisotopic (exact) mass is 411 g/mol. The first-order valence-corrected chi connectivity index (χ1v) is 10.9. The van der Waals surface area contributed by atoms with Gasteiger partial charge in [-0.1, -0.05) is 43.2 Å². The average Bonchev–Trinajstić information content (AvgIpc) is 3.16. The van der Waals surface area contributed by atoms with Crippen LogP contribution >= 0.6 is 11.3 Å². The lowest BCUT2D eigenvalue weighted by Crippen LogP contribution is -2.35. The Morgan fingerprint density at radius 3 is 2.55 bits per heavy atom. The number of carbonyl (C=O) groups is 2. The van der Waals surface area contributed by atoms with E-state index in [0.29, 0.717) is 11.4 Å². The van der Waals surface area contributed by atoms with Gasteiger partial charge in [0.25, 0.3) is 5.91 Å². The van der Waals surface area contributed by atoms with Crippen LogP contribution in [0.4, 0.5) is 0 Å². The number of likely N-dealkylation sites (tertiary alicyclic amines) is 1. The molecular formula is C22H25N3O3S. The van der Waals surface area contributed by atoms with Gasteiger partial charge >= 0.3 is 5.97 Å². The average molecular weight is 412 g/mol. The van der Waals surface area contributed by atoms with Crippen molar-refractivity contribution < 1.29 is 14.3 Å². The molecule has 0 spiro atoms. The van der Waals surface area contributed by atoms with Gasteiger partial charge in [0.1, 0.15) is 9.71 Å². The molecule has 0 unspecified atom stereocenters. The summed E-state index contributed by atoms with van der Waals surface area (Å²) >= 11 is 1.36. The highest BCUT2D eigenvalue weighted by molar-refractivity contribution is 7.20. The highest BCUT2D eigenvalue weighted by atomic mass is 32.1. The van der Waals surface area contributed by atoms with E-state index in [9.17, 15) is 9.59 Å². The predicted octanol–water partition coefficient (Wildman–Crippen LogP) is 4.01. The second-order valence-electron chi connectivity index (χ2n) is 7.43. The number of thiophene rings is 1. The number of ether oxygens (including phenoxy) is 1. The van der Waals surface area contributed by atoms with E-state index in [1.54, 1.807) is 0 Å². The molecule has 1 fully saturated rings. The van der Waals surface area contributed by atoms with E-state index in [0.717, 1.165) is 60.2 Å². The molecule has 1 aromatic carbocycles. The third kappa shape index (κ3) is 4.50. The van der Waals surface area contributed by atoms with E-state index in [1.807, 2.05) is 40.8 Å². The van der Waals surface area contributed by atoms with E-state index in [-0.39, 0.29) is 12.5 Å². The van der Waals surface area contributed by atoms with Crippen LogP contribution in [0, 0.1) is 6.92 Å². The summed E-state index contributed by atoms with van der Waals surface area (Å²) in [4.78, 5) is 28.2. The molecule has 29 heavy (non-hydrogen) atoms. The van der Waals surface area contributed by atoms with Crippen LogP contribution in [0.2, 0.25) is 0 Å². The number of benzene rings is 1. The minimum atomic E-state index is -0.444. The summed E-state index contributed by atoms with van der Waals surface area (Å²) in [6.45, 7) is 3.91. The van der Waals surface area contributed by atoms with Crippen LogP contribution in [0.15, 0.2) is 36.4 Å². The number of hydrogen-bond donors (Lipinski definition) is 0. The lowest BCUT2D eigenvalue weighted by molar-refractivity contribution is -0.134. The molecule has 0 N–H and O–H groups in total. The molecule has 0 aliphatic carbocycles. The minimum absolute atomic E-state index is 0.104. The maximum absolute atomic E-state index is 12.5. The Hall–Kier alpha value is -2.67. The zero-order chi connectivity index (χ0) is 20.2. The van der Waals surface area contributed by atoms with Gasteiger partial charge in [0.15, 0.2) is 6.61 Å². The number of aromatic nitrogens is 2. The summed E-state index contributed by atoms with van der Waals surface area (Å²) < 4.78 is 7.25. The van der Waals surface area contributed by atoms with Crippen molar-refractivity contribution in [2.75, 3.05) is 19.7 Å². The molecule has 0 bridgehead atoms. The van der Waals surface area contributed by atoms with E-state index >= 15 is 0 Å². The number of hydrogen-bond acceptors (Lipinski definition) is 5. The van der Waals surface area contributed by atoms with E-state index in [1.165, 1.54) is 11.3 Å². The second-order valence-corrected chi connectivity index (χ2v) is 8.46. The highest BCUT2D eigenvalue weighted by Crippen LogP contribution is 2.29. The number of carbonyl (C=O) groups excluding carboxylic acids is 2. The molecule has 1 aliphatic heterocycles. The fraction of sp³-hybridized carbons (Fsp3) is 0.409. The third-order valence-electron chi connectivity index (χ3n) is 5.27. The quantitative estimate of drug-likeness (QED) is 0.595. The first-order chi connectivity index (χ1) is 14.1. The molecule has 1 saturated heterocycles. The van der Waals surface area contributed by atoms with Gasteiger partial charge in [-0.25, -0.2) is 4.79 Å². The lowest BCUT2D eigenvalue weighted by atomic mass is 10.2. The maximum atomic E-state index is 12.5. The van der Waals surface area contributed by atoms with Crippen molar-refractivity contribution in [2.24, 2.45) is 0 Å². The number of nitrogens with zero attached hydrogens (tertiary/aromatic N) is 3. The molecule has 6 nitrogen and oxygen atoms in total. The summed E-state index contributed by atoms with van der Waals surface area (Å²) in [5, 5.41) is 5.56. The Morgan fingerprint density at radius 1 is 1.10 bits per heavy atom. The molecule has 0 atom stereocenters. The van der Waals surface area contributed by atoms with Gasteiger partial charge in [-0.3, -0.25) is 9.48 Å². The maximum Gasteiger partial charge on any atom is 0.348 e. The van der Waals surface area contributed by atoms with Crippen LogP contribution < -0.4 is 0 Å². The molecule has 152 valence electrons. The van der Waals surface area contributed by atoms with Crippen molar-refractivity contribution in [3.05, 3.63) is 52.5 Å². The summed E-state index contributed by atoms with van der Waals surface area (Å²) in [5.41, 5.74) is 2.03. The fourth-order valence-corrected chi connectivity index (χ4v) is 4.74. The van der Waals surface area contributed by atoms with Crippen LogP contribution in [0.25, 0.3) is 10.2 Å². The van der Waals surface area contributed by atoms with Crippen molar-refractivity contribution in [2.45, 2.75) is 39.2 Å². The zero-order valence-electron chi connectivity index (χ0n) is 16.6. The summed E-state index contributed by atoms with van der Waals surface area (Å²) in [7, 11) is 0. The molecule has 0 radical (unpaired) electrons. The zero-order valence-corrected chi connectivity index (χ0v) is 17.4. The molecular weight excluding hydrogens is 386 g/mol. The van der Waals surface area contributed by atoms with Crippen molar-refractivity contribution in [3.8, 4) is 0 Å². The Kier molecular flexibility index (Phi) is 5.94. The fourth-order valence-electron chi connectivity index (χ4n) is 3.69. The normalized spacial score (nSPS) is 14.7. The number of amides is 1. The van der Waals surface area contributed by atoms with E-state index in [2.05, 4.69) is 17.2 Å². The van der Waals surface area contributed by atoms with Crippen molar-refractivity contribution >= 4 is 33.4 Å². The molecule has 2 aromatic heterocycles. The second kappa shape index (κ2) is 8.78. The smallest absolute Gasteiger partial charge is 0.348 e. The summed E-state index contributed by atoms with van der Waals surface area (Å²) in [6, 6.07) is 11.9. The van der Waals surface area contributed by atoms with Crippen molar-refractivity contribution in [3.63, 3.8) is 0 Å². The molecule has 7 heteroatoms. The standard InChI is InChI=1S/C22H25N3O3S/c1-16-18-13-19(22(27)28-15-20(26)24-11-7-2-3-8-12-24)29-21(18)25(23-16)14-17-9-5-4-6-10-17/h4-6,9-10,13H,2-3,7-8,11-12,14-15H2,1H3. The summed E-state index contributed by atoms with van der Waals surface area (Å²) in [5.74, 6) is -0.548. The number of aryl methyl sites for hydroxylation is 1. The van der Waals surface area contributed by atoms with Gasteiger partial charge in [0.2, 0.25) is 0 Å². The molecule has 1 aliphatic rings. The van der Waals surface area contributed by atoms with Crippen LogP contribution in [0.5, 0.6) is 0 Å². The Labute approximate surface area is 174 Å². The number of fused-ring (bicyclic) bond motifs is 1. The van der Waals surface area contributed by atoms with Gasteiger partial charge in [-0.2, -0.15) is 5.10 Å². The molecule has 3 aromatic rings. The summed E-state index contributed by atoms with van der Waals surface area (Å²) in [6.07, 6.45) is 4.36. The first kappa shape index (κ1) is 19.6.